The average molecular weight is 286 g/mol. The van der Waals surface area contributed by atoms with Gasteiger partial charge in [0.25, 0.3) is 0 Å². The number of pyridine rings is 1. The van der Waals surface area contributed by atoms with Crippen LogP contribution in [0.1, 0.15) is 12.1 Å². The Labute approximate surface area is 130 Å². The first-order valence-electron chi connectivity index (χ1n) is 7.77. The predicted octanol–water partition coefficient (Wildman–Crippen LogP) is 4.28. The van der Waals surface area contributed by atoms with E-state index in [9.17, 15) is 0 Å². The van der Waals surface area contributed by atoms with Crippen molar-refractivity contribution in [3.63, 3.8) is 0 Å². The van der Waals surface area contributed by atoms with Crippen LogP contribution >= 0.6 is 0 Å². The number of rotatable bonds is 2. The Hall–Kier alpha value is -2.45. The van der Waals surface area contributed by atoms with E-state index < -0.39 is 0 Å². The second-order valence-corrected chi connectivity index (χ2v) is 5.63. The van der Waals surface area contributed by atoms with Gasteiger partial charge >= 0.3 is 0 Å². The summed E-state index contributed by atoms with van der Waals surface area (Å²) in [6.07, 6.45) is 3.30. The van der Waals surface area contributed by atoms with E-state index in [1.165, 1.54) is 21.9 Å². The van der Waals surface area contributed by atoms with Crippen LogP contribution in [0.15, 0.2) is 66.7 Å². The minimum atomic E-state index is 0.935. The molecule has 22 heavy (non-hydrogen) atoms. The van der Waals surface area contributed by atoms with Gasteiger partial charge in [0.1, 0.15) is 0 Å². The van der Waals surface area contributed by atoms with E-state index in [-0.39, 0.29) is 0 Å². The summed E-state index contributed by atoms with van der Waals surface area (Å²) in [7, 11) is 0. The molecule has 0 fully saturated rings. The van der Waals surface area contributed by atoms with Gasteiger partial charge in [0.15, 0.2) is 0 Å². The van der Waals surface area contributed by atoms with Gasteiger partial charge in [-0.1, -0.05) is 60.7 Å². The van der Waals surface area contributed by atoms with Gasteiger partial charge in [0.05, 0.1) is 11.4 Å². The molecule has 0 saturated heterocycles. The molecule has 4 rings (SSSR count). The molecule has 1 aromatic heterocycles. The maximum absolute atomic E-state index is 5.00. The second-order valence-electron chi connectivity index (χ2n) is 5.63. The molecule has 1 N–H and O–H groups in total. The van der Waals surface area contributed by atoms with Gasteiger partial charge in [-0.15, -0.1) is 0 Å². The van der Waals surface area contributed by atoms with Crippen molar-refractivity contribution in [2.75, 3.05) is 13.1 Å². The number of benzene rings is 2. The van der Waals surface area contributed by atoms with Crippen LogP contribution in [0.2, 0.25) is 0 Å². The summed E-state index contributed by atoms with van der Waals surface area (Å²) in [6.45, 7) is 1.96. The van der Waals surface area contributed by atoms with Gasteiger partial charge < -0.3 is 5.32 Å². The quantitative estimate of drug-likeness (QED) is 0.760. The summed E-state index contributed by atoms with van der Waals surface area (Å²) < 4.78 is 0. The lowest BCUT2D eigenvalue weighted by molar-refractivity contribution is 0.737. The first-order valence-corrected chi connectivity index (χ1v) is 7.77. The Morgan fingerprint density at radius 3 is 2.55 bits per heavy atom. The predicted molar refractivity (Wildman–Crippen MR) is 92.6 cm³/mol. The molecule has 0 amide bonds. The summed E-state index contributed by atoms with van der Waals surface area (Å²) in [4.78, 5) is 5.00. The molecule has 3 aromatic rings. The molecular weight excluding hydrogens is 268 g/mol. The van der Waals surface area contributed by atoms with Crippen molar-refractivity contribution < 1.29 is 0 Å². The van der Waals surface area contributed by atoms with Gasteiger partial charge in [-0.2, -0.15) is 0 Å². The van der Waals surface area contributed by atoms with E-state index in [1.807, 2.05) is 6.07 Å². The van der Waals surface area contributed by atoms with Gasteiger partial charge in [0, 0.05) is 17.5 Å². The summed E-state index contributed by atoms with van der Waals surface area (Å²) >= 11 is 0. The van der Waals surface area contributed by atoms with Crippen molar-refractivity contribution in [2.45, 2.75) is 6.42 Å². The van der Waals surface area contributed by atoms with E-state index >= 15 is 0 Å². The van der Waals surface area contributed by atoms with Crippen molar-refractivity contribution >= 4 is 16.3 Å². The number of fused-ring (bicyclic) bond motifs is 1. The number of aromatic nitrogens is 1. The molecule has 0 spiro atoms. The molecule has 0 aliphatic carbocycles. The van der Waals surface area contributed by atoms with Gasteiger partial charge in [-0.3, -0.25) is 0 Å². The highest BCUT2D eigenvalue weighted by atomic mass is 14.9. The van der Waals surface area contributed by atoms with Crippen LogP contribution in [0.3, 0.4) is 0 Å². The van der Waals surface area contributed by atoms with Crippen molar-refractivity contribution in [3.05, 3.63) is 72.4 Å². The maximum Gasteiger partial charge on any atom is 0.0787 e. The van der Waals surface area contributed by atoms with Crippen LogP contribution in [-0.4, -0.2) is 18.1 Å². The lowest BCUT2D eigenvalue weighted by atomic mass is 9.99. The molecule has 2 aromatic carbocycles. The zero-order valence-corrected chi connectivity index (χ0v) is 12.4. The fourth-order valence-electron chi connectivity index (χ4n) is 3.03. The monoisotopic (exact) mass is 286 g/mol. The molecule has 1 aliphatic rings. The van der Waals surface area contributed by atoms with E-state index in [2.05, 4.69) is 66.0 Å². The number of hydrogen-bond donors (Lipinski definition) is 1. The summed E-state index contributed by atoms with van der Waals surface area (Å²) in [6, 6.07) is 21.2. The third-order valence-corrected chi connectivity index (χ3v) is 4.18. The Morgan fingerprint density at radius 2 is 1.73 bits per heavy atom. The molecule has 2 nitrogen and oxygen atoms in total. The molecular formula is C20H18N2. The normalized spacial score (nSPS) is 14.8. The molecule has 2 heteroatoms. The number of hydrogen-bond acceptors (Lipinski definition) is 2. The standard InChI is InChI=1S/C20H18N2/c1-2-6-16(7-3-1)20-18-9-5-4-8-17(18)14-19(22-20)15-10-12-21-13-11-15/h1-10,14,21H,11-13H2. The Kier molecular flexibility index (Phi) is 3.45. The number of nitrogens with one attached hydrogen (secondary N) is 1. The van der Waals surface area contributed by atoms with E-state index in [4.69, 9.17) is 4.98 Å². The Bertz CT molecular complexity index is 835. The third kappa shape index (κ3) is 2.42. The zero-order chi connectivity index (χ0) is 14.8. The molecule has 0 atom stereocenters. The van der Waals surface area contributed by atoms with Crippen LogP contribution in [0, 0.1) is 0 Å². The highest BCUT2D eigenvalue weighted by molar-refractivity contribution is 5.96. The summed E-state index contributed by atoms with van der Waals surface area (Å²) in [5.41, 5.74) is 4.71. The average Bonchev–Trinajstić information content (AvgIpc) is 2.62. The van der Waals surface area contributed by atoms with Crippen LogP contribution < -0.4 is 5.32 Å². The minimum Gasteiger partial charge on any atom is -0.313 e. The van der Waals surface area contributed by atoms with Crippen LogP contribution in [0.25, 0.3) is 27.6 Å². The van der Waals surface area contributed by atoms with Crippen molar-refractivity contribution in [1.82, 2.24) is 10.3 Å². The van der Waals surface area contributed by atoms with Crippen molar-refractivity contribution in [3.8, 4) is 11.3 Å². The molecule has 0 saturated carbocycles. The lowest BCUT2D eigenvalue weighted by Gasteiger charge is -2.16. The second kappa shape index (κ2) is 5.74. The lowest BCUT2D eigenvalue weighted by Crippen LogP contribution is -2.20. The molecule has 1 aliphatic heterocycles. The van der Waals surface area contributed by atoms with E-state index in [0.29, 0.717) is 0 Å². The van der Waals surface area contributed by atoms with Gasteiger partial charge in [-0.05, 0) is 30.0 Å². The first-order chi connectivity index (χ1) is 10.9. The van der Waals surface area contributed by atoms with Gasteiger partial charge in [-0.25, -0.2) is 4.98 Å². The minimum absolute atomic E-state index is 0.935. The number of nitrogens with zero attached hydrogens (tertiary/aromatic N) is 1. The Balaban J connectivity index is 1.95. The highest BCUT2D eigenvalue weighted by Gasteiger charge is 2.12. The molecule has 108 valence electrons. The SMILES string of the molecule is C1=C(c2cc3ccccc3c(-c3ccccc3)n2)CCNC1. The largest absolute Gasteiger partial charge is 0.313 e. The first kappa shape index (κ1) is 13.2. The smallest absolute Gasteiger partial charge is 0.0787 e. The maximum atomic E-state index is 5.00. The zero-order valence-electron chi connectivity index (χ0n) is 12.4. The van der Waals surface area contributed by atoms with Crippen molar-refractivity contribution in [1.29, 1.82) is 0 Å². The molecule has 0 bridgehead atoms. The van der Waals surface area contributed by atoms with E-state index in [1.54, 1.807) is 0 Å². The highest BCUT2D eigenvalue weighted by Crippen LogP contribution is 2.30. The van der Waals surface area contributed by atoms with Crippen LogP contribution in [-0.2, 0) is 0 Å². The molecule has 2 heterocycles. The fraction of sp³-hybridized carbons (Fsp3) is 0.150. The fourth-order valence-corrected chi connectivity index (χ4v) is 3.03. The molecule has 0 radical (unpaired) electrons. The molecule has 0 unspecified atom stereocenters. The summed E-state index contributed by atoms with van der Waals surface area (Å²) in [5, 5.41) is 5.83. The van der Waals surface area contributed by atoms with Crippen molar-refractivity contribution in [2.24, 2.45) is 0 Å². The van der Waals surface area contributed by atoms with Crippen LogP contribution in [0.5, 0.6) is 0 Å². The third-order valence-electron chi connectivity index (χ3n) is 4.18. The van der Waals surface area contributed by atoms with Crippen LogP contribution in [0.4, 0.5) is 0 Å². The van der Waals surface area contributed by atoms with Gasteiger partial charge in [0.2, 0.25) is 0 Å². The van der Waals surface area contributed by atoms with E-state index in [0.717, 1.165) is 30.9 Å². The topological polar surface area (TPSA) is 24.9 Å². The Morgan fingerprint density at radius 1 is 0.909 bits per heavy atom. The summed E-state index contributed by atoms with van der Waals surface area (Å²) in [5.74, 6) is 0.